The molecule has 0 saturated heterocycles. The zero-order chi connectivity index (χ0) is 31.3. The maximum Gasteiger partial charge on any atom is 0.0726 e. The molecule has 0 aliphatic heterocycles. The summed E-state index contributed by atoms with van der Waals surface area (Å²) in [5.41, 5.74) is 19.2. The first-order chi connectivity index (χ1) is 23.1. The summed E-state index contributed by atoms with van der Waals surface area (Å²) < 4.78 is 0. The first-order valence-corrected chi connectivity index (χ1v) is 16.6. The number of para-hydroxylation sites is 1. The van der Waals surface area contributed by atoms with Crippen molar-refractivity contribution in [3.63, 3.8) is 0 Å². The van der Waals surface area contributed by atoms with Crippen molar-refractivity contribution in [2.45, 2.75) is 32.1 Å². The van der Waals surface area contributed by atoms with Gasteiger partial charge in [-0.05, 0) is 79.9 Å². The molecular formula is C47H37N. The van der Waals surface area contributed by atoms with E-state index in [4.69, 9.17) is 0 Å². The number of hydrogen-bond donors (Lipinski definition) is 0. The molecule has 0 N–H and O–H groups in total. The SMILES string of the molecule is C.CC1(C)c2ccccc2-c2c(N(c3ccccc3)c3cccc4c3-c3ccccc3C43c4ccccc4-c4ccccc43)cccc21. The Hall–Kier alpha value is -5.66. The molecule has 0 amide bonds. The number of nitrogens with zero attached hydrogens (tertiary/aromatic N) is 1. The molecule has 0 bridgehead atoms. The zero-order valence-electron chi connectivity index (χ0n) is 26.5. The third-order valence-electron chi connectivity index (χ3n) is 11.1. The third kappa shape index (κ3) is 3.46. The van der Waals surface area contributed by atoms with Crippen molar-refractivity contribution in [3.8, 4) is 33.4 Å². The van der Waals surface area contributed by atoms with E-state index in [0.29, 0.717) is 0 Å². The number of hydrogen-bond acceptors (Lipinski definition) is 1. The number of benzene rings is 7. The number of fused-ring (bicyclic) bond motifs is 13. The first-order valence-electron chi connectivity index (χ1n) is 16.6. The minimum absolute atomic E-state index is 0. The topological polar surface area (TPSA) is 3.24 Å². The van der Waals surface area contributed by atoms with E-state index in [2.05, 4.69) is 183 Å². The number of rotatable bonds is 3. The molecule has 0 aromatic heterocycles. The van der Waals surface area contributed by atoms with Gasteiger partial charge < -0.3 is 4.90 Å². The molecule has 0 fully saturated rings. The highest BCUT2D eigenvalue weighted by Crippen LogP contribution is 2.65. The highest BCUT2D eigenvalue weighted by molar-refractivity contribution is 6.03. The second kappa shape index (κ2) is 10.2. The fraction of sp³-hybridized carbons (Fsp3) is 0.106. The van der Waals surface area contributed by atoms with Crippen molar-refractivity contribution in [1.29, 1.82) is 0 Å². The maximum absolute atomic E-state index is 2.53. The zero-order valence-corrected chi connectivity index (χ0v) is 26.5. The highest BCUT2D eigenvalue weighted by Gasteiger charge is 2.52. The van der Waals surface area contributed by atoms with E-state index < -0.39 is 0 Å². The van der Waals surface area contributed by atoms with E-state index in [9.17, 15) is 0 Å². The summed E-state index contributed by atoms with van der Waals surface area (Å²) in [4.78, 5) is 2.53. The highest BCUT2D eigenvalue weighted by atomic mass is 15.1. The van der Waals surface area contributed by atoms with Crippen LogP contribution in [-0.2, 0) is 10.8 Å². The molecule has 0 unspecified atom stereocenters. The van der Waals surface area contributed by atoms with Crippen molar-refractivity contribution < 1.29 is 0 Å². The quantitative estimate of drug-likeness (QED) is 0.191. The summed E-state index contributed by atoms with van der Waals surface area (Å²) in [6.45, 7) is 4.73. The lowest BCUT2D eigenvalue weighted by molar-refractivity contribution is 0.660. The van der Waals surface area contributed by atoms with Gasteiger partial charge in [-0.3, -0.25) is 0 Å². The smallest absolute Gasteiger partial charge is 0.0726 e. The molecule has 10 rings (SSSR count). The summed E-state index contributed by atoms with van der Waals surface area (Å²) in [7, 11) is 0. The van der Waals surface area contributed by atoms with Gasteiger partial charge in [-0.2, -0.15) is 0 Å². The van der Waals surface area contributed by atoms with Crippen molar-refractivity contribution in [3.05, 3.63) is 197 Å². The van der Waals surface area contributed by atoms with Gasteiger partial charge in [0.1, 0.15) is 0 Å². The van der Waals surface area contributed by atoms with Gasteiger partial charge in [-0.15, -0.1) is 0 Å². The lowest BCUT2D eigenvalue weighted by atomic mass is 9.70. The molecule has 3 aliphatic carbocycles. The lowest BCUT2D eigenvalue weighted by Gasteiger charge is -2.32. The van der Waals surface area contributed by atoms with Gasteiger partial charge in [0, 0.05) is 22.2 Å². The minimum Gasteiger partial charge on any atom is -0.309 e. The molecule has 0 heterocycles. The van der Waals surface area contributed by atoms with Crippen LogP contribution in [-0.4, -0.2) is 0 Å². The van der Waals surface area contributed by atoms with Crippen LogP contribution in [0.5, 0.6) is 0 Å². The second-order valence-electron chi connectivity index (χ2n) is 13.6. The predicted molar refractivity (Wildman–Crippen MR) is 202 cm³/mol. The van der Waals surface area contributed by atoms with E-state index in [1.54, 1.807) is 0 Å². The molecule has 48 heavy (non-hydrogen) atoms. The lowest BCUT2D eigenvalue weighted by Crippen LogP contribution is -2.26. The van der Waals surface area contributed by atoms with Crippen LogP contribution in [0, 0.1) is 0 Å². The average Bonchev–Trinajstić information content (AvgIpc) is 3.69. The van der Waals surface area contributed by atoms with Gasteiger partial charge in [-0.1, -0.05) is 161 Å². The molecule has 7 aromatic carbocycles. The van der Waals surface area contributed by atoms with Crippen molar-refractivity contribution in [2.24, 2.45) is 0 Å². The van der Waals surface area contributed by atoms with Gasteiger partial charge >= 0.3 is 0 Å². The van der Waals surface area contributed by atoms with E-state index in [1.165, 1.54) is 78.1 Å². The monoisotopic (exact) mass is 615 g/mol. The molecule has 1 spiro atoms. The Balaban J connectivity index is 0.00000314. The Morgan fingerprint density at radius 1 is 0.354 bits per heavy atom. The molecule has 0 saturated carbocycles. The van der Waals surface area contributed by atoms with Crippen LogP contribution >= 0.6 is 0 Å². The Morgan fingerprint density at radius 3 is 1.33 bits per heavy atom. The molecule has 7 aromatic rings. The van der Waals surface area contributed by atoms with E-state index in [1.807, 2.05) is 0 Å². The summed E-state index contributed by atoms with van der Waals surface area (Å²) in [5.74, 6) is 0. The summed E-state index contributed by atoms with van der Waals surface area (Å²) >= 11 is 0. The van der Waals surface area contributed by atoms with Crippen LogP contribution in [0.25, 0.3) is 33.4 Å². The molecule has 1 heteroatoms. The fourth-order valence-electron chi connectivity index (χ4n) is 9.22. The minimum atomic E-state index is -0.384. The fourth-order valence-corrected chi connectivity index (χ4v) is 9.22. The Bertz CT molecular complexity index is 2350. The van der Waals surface area contributed by atoms with Crippen LogP contribution in [0.2, 0.25) is 0 Å². The van der Waals surface area contributed by atoms with Gasteiger partial charge in [0.15, 0.2) is 0 Å². The molecule has 3 aliphatic rings. The average molecular weight is 616 g/mol. The second-order valence-corrected chi connectivity index (χ2v) is 13.6. The molecule has 0 atom stereocenters. The van der Waals surface area contributed by atoms with Crippen molar-refractivity contribution in [1.82, 2.24) is 0 Å². The van der Waals surface area contributed by atoms with Crippen LogP contribution in [0.1, 0.15) is 54.7 Å². The van der Waals surface area contributed by atoms with Crippen LogP contribution < -0.4 is 4.90 Å². The normalized spacial score (nSPS) is 14.6. The van der Waals surface area contributed by atoms with Gasteiger partial charge in [0.05, 0.1) is 16.8 Å². The van der Waals surface area contributed by atoms with Gasteiger partial charge in [0.2, 0.25) is 0 Å². The van der Waals surface area contributed by atoms with Crippen LogP contribution in [0.15, 0.2) is 164 Å². The van der Waals surface area contributed by atoms with Crippen LogP contribution in [0.4, 0.5) is 17.1 Å². The van der Waals surface area contributed by atoms with Gasteiger partial charge in [0.25, 0.3) is 0 Å². The Labute approximate surface area is 283 Å². The standard InChI is InChI=1S/C46H33N.CH4/c1-45(2)35-22-10-8-20-33(35)43-39(45)26-14-28-41(43)47(30-16-4-3-5-17-30)42-29-15-27-40-44(42)34-21-9-13-25-38(34)46(40)36-23-11-6-18-31(36)32-19-7-12-24-37(32)46;/h3-29H,1-2H3;1H4. The van der Waals surface area contributed by atoms with Crippen molar-refractivity contribution >= 4 is 17.1 Å². The third-order valence-corrected chi connectivity index (χ3v) is 11.1. The predicted octanol–water partition coefficient (Wildman–Crippen LogP) is 12.4. The number of anilines is 3. The van der Waals surface area contributed by atoms with Crippen molar-refractivity contribution in [2.75, 3.05) is 4.90 Å². The summed E-state index contributed by atoms with van der Waals surface area (Å²) in [6.07, 6.45) is 0. The first kappa shape index (κ1) is 28.6. The van der Waals surface area contributed by atoms with E-state index in [-0.39, 0.29) is 18.3 Å². The van der Waals surface area contributed by atoms with E-state index in [0.717, 1.165) is 5.69 Å². The van der Waals surface area contributed by atoms with E-state index >= 15 is 0 Å². The Morgan fingerprint density at radius 2 is 0.750 bits per heavy atom. The van der Waals surface area contributed by atoms with Crippen LogP contribution in [0.3, 0.4) is 0 Å². The molecular weight excluding hydrogens is 579 g/mol. The largest absolute Gasteiger partial charge is 0.309 e. The summed E-state index contributed by atoms with van der Waals surface area (Å²) in [6, 6.07) is 61.0. The summed E-state index contributed by atoms with van der Waals surface area (Å²) in [5, 5.41) is 0. The van der Waals surface area contributed by atoms with Gasteiger partial charge in [-0.25, -0.2) is 0 Å². The Kier molecular flexibility index (Phi) is 6.05. The molecule has 230 valence electrons. The maximum atomic E-state index is 2.53. The molecule has 1 nitrogen and oxygen atoms in total. The molecule has 0 radical (unpaired) electrons.